The van der Waals surface area contributed by atoms with Crippen molar-refractivity contribution >= 4 is 0 Å². The number of hydrogen-bond donors (Lipinski definition) is 0. The third kappa shape index (κ3) is 7.62. The molecule has 0 aromatic heterocycles. The van der Waals surface area contributed by atoms with Crippen LogP contribution in [0.2, 0.25) is 0 Å². The van der Waals surface area contributed by atoms with Crippen molar-refractivity contribution in [2.24, 2.45) is 0 Å². The van der Waals surface area contributed by atoms with Gasteiger partial charge in [0.1, 0.15) is 0 Å². The SMILES string of the molecule is COCCN(CCC#N)CC(F)F. The fourth-order valence-electron chi connectivity index (χ4n) is 0.918. The monoisotopic (exact) mass is 192 g/mol. The Morgan fingerprint density at radius 3 is 2.62 bits per heavy atom. The maximum atomic E-state index is 12.0. The van der Waals surface area contributed by atoms with Crippen molar-refractivity contribution in [3.63, 3.8) is 0 Å². The molecule has 0 heterocycles. The van der Waals surface area contributed by atoms with Gasteiger partial charge < -0.3 is 4.74 Å². The van der Waals surface area contributed by atoms with Crippen molar-refractivity contribution in [3.8, 4) is 6.07 Å². The van der Waals surface area contributed by atoms with E-state index in [1.165, 1.54) is 12.0 Å². The lowest BCUT2D eigenvalue weighted by atomic mass is 10.4. The van der Waals surface area contributed by atoms with Crippen LogP contribution < -0.4 is 0 Å². The van der Waals surface area contributed by atoms with E-state index in [-0.39, 0.29) is 13.0 Å². The second-order valence-electron chi connectivity index (χ2n) is 2.59. The average molecular weight is 192 g/mol. The van der Waals surface area contributed by atoms with Gasteiger partial charge in [-0.05, 0) is 0 Å². The number of ether oxygens (including phenoxy) is 1. The molecule has 5 heteroatoms. The Hall–Kier alpha value is -0.730. The molecule has 76 valence electrons. The smallest absolute Gasteiger partial charge is 0.251 e. The summed E-state index contributed by atoms with van der Waals surface area (Å²) in [6, 6.07) is 1.92. The molecular formula is C8H14F2N2O. The van der Waals surface area contributed by atoms with Crippen LogP contribution in [0.25, 0.3) is 0 Å². The number of alkyl halides is 2. The first-order chi connectivity index (χ1) is 6.20. The molecule has 0 unspecified atom stereocenters. The van der Waals surface area contributed by atoms with Gasteiger partial charge in [0.15, 0.2) is 0 Å². The molecule has 3 nitrogen and oxygen atoms in total. The van der Waals surface area contributed by atoms with Gasteiger partial charge in [0.2, 0.25) is 0 Å². The Kier molecular flexibility index (Phi) is 7.45. The van der Waals surface area contributed by atoms with Gasteiger partial charge in [-0.3, -0.25) is 4.90 Å². The molecule has 0 atom stereocenters. The van der Waals surface area contributed by atoms with Crippen molar-refractivity contribution in [2.75, 3.05) is 33.4 Å². The molecule has 0 saturated heterocycles. The summed E-state index contributed by atoms with van der Waals surface area (Å²) in [6.45, 7) is 0.954. The van der Waals surface area contributed by atoms with Crippen molar-refractivity contribution in [3.05, 3.63) is 0 Å². The highest BCUT2D eigenvalue weighted by Gasteiger charge is 2.10. The second-order valence-corrected chi connectivity index (χ2v) is 2.59. The van der Waals surface area contributed by atoms with Crippen LogP contribution >= 0.6 is 0 Å². The van der Waals surface area contributed by atoms with E-state index in [0.717, 1.165) is 0 Å². The molecule has 0 aliphatic rings. The van der Waals surface area contributed by atoms with Crippen LogP contribution in [0.3, 0.4) is 0 Å². The van der Waals surface area contributed by atoms with Crippen LogP contribution in [0, 0.1) is 11.3 Å². The van der Waals surface area contributed by atoms with E-state index >= 15 is 0 Å². The molecule has 0 rings (SSSR count). The summed E-state index contributed by atoms with van der Waals surface area (Å²) in [5.74, 6) is 0. The first-order valence-electron chi connectivity index (χ1n) is 4.07. The molecule has 0 aliphatic carbocycles. The minimum absolute atomic E-state index is 0.274. The van der Waals surface area contributed by atoms with Gasteiger partial charge in [-0.2, -0.15) is 5.26 Å². The van der Waals surface area contributed by atoms with E-state index in [4.69, 9.17) is 10.00 Å². The maximum absolute atomic E-state index is 12.0. The Morgan fingerprint density at radius 2 is 2.15 bits per heavy atom. The minimum atomic E-state index is -2.35. The largest absolute Gasteiger partial charge is 0.383 e. The minimum Gasteiger partial charge on any atom is -0.383 e. The van der Waals surface area contributed by atoms with Crippen molar-refractivity contribution < 1.29 is 13.5 Å². The molecule has 0 fully saturated rings. The summed E-state index contributed by atoms with van der Waals surface area (Å²) >= 11 is 0. The molecule has 0 spiro atoms. The number of halogens is 2. The van der Waals surface area contributed by atoms with Crippen molar-refractivity contribution in [1.29, 1.82) is 5.26 Å². The van der Waals surface area contributed by atoms with E-state index in [1.54, 1.807) is 0 Å². The van der Waals surface area contributed by atoms with Crippen LogP contribution in [-0.4, -0.2) is 44.7 Å². The molecule has 0 bridgehead atoms. The molecule has 0 aliphatic heterocycles. The lowest BCUT2D eigenvalue weighted by Crippen LogP contribution is -2.32. The van der Waals surface area contributed by atoms with Crippen LogP contribution in [0.1, 0.15) is 6.42 Å². The van der Waals surface area contributed by atoms with Crippen LogP contribution in [-0.2, 0) is 4.74 Å². The van der Waals surface area contributed by atoms with Gasteiger partial charge in [-0.15, -0.1) is 0 Å². The standard InChI is InChI=1S/C8H14F2N2O/c1-13-6-5-12(4-2-3-11)7-8(9)10/h8H,2,4-7H2,1H3. The van der Waals surface area contributed by atoms with Gasteiger partial charge in [0, 0.05) is 26.6 Å². The fourth-order valence-corrected chi connectivity index (χ4v) is 0.918. The topological polar surface area (TPSA) is 36.3 Å². The number of nitriles is 1. The number of hydrogen-bond acceptors (Lipinski definition) is 3. The Balaban J connectivity index is 3.67. The third-order valence-corrected chi connectivity index (χ3v) is 1.55. The highest BCUT2D eigenvalue weighted by atomic mass is 19.3. The Bertz CT molecular complexity index is 159. The lowest BCUT2D eigenvalue weighted by Gasteiger charge is -2.19. The molecular weight excluding hydrogens is 178 g/mol. The Labute approximate surface area is 76.9 Å². The van der Waals surface area contributed by atoms with E-state index in [9.17, 15) is 8.78 Å². The summed E-state index contributed by atoms with van der Waals surface area (Å²) in [4.78, 5) is 1.53. The Morgan fingerprint density at radius 1 is 1.46 bits per heavy atom. The lowest BCUT2D eigenvalue weighted by molar-refractivity contribution is 0.0719. The summed E-state index contributed by atoms with van der Waals surface area (Å²) < 4.78 is 28.7. The second kappa shape index (κ2) is 7.90. The first-order valence-corrected chi connectivity index (χ1v) is 4.07. The highest BCUT2D eigenvalue weighted by Crippen LogP contribution is 1.99. The van der Waals surface area contributed by atoms with Gasteiger partial charge >= 0.3 is 0 Å². The molecule has 13 heavy (non-hydrogen) atoms. The summed E-state index contributed by atoms with van der Waals surface area (Å²) in [7, 11) is 1.52. The molecule has 0 saturated carbocycles. The molecule has 0 radical (unpaired) electrons. The number of methoxy groups -OCH3 is 1. The van der Waals surface area contributed by atoms with E-state index in [2.05, 4.69) is 0 Å². The normalized spacial score (nSPS) is 10.8. The third-order valence-electron chi connectivity index (χ3n) is 1.55. The van der Waals surface area contributed by atoms with Gasteiger partial charge in [0.25, 0.3) is 6.43 Å². The molecule has 0 amide bonds. The van der Waals surface area contributed by atoms with Crippen LogP contribution in [0.5, 0.6) is 0 Å². The highest BCUT2D eigenvalue weighted by molar-refractivity contribution is 4.72. The quantitative estimate of drug-likeness (QED) is 0.606. The summed E-state index contributed by atoms with van der Waals surface area (Å²) in [6.07, 6.45) is -2.08. The van der Waals surface area contributed by atoms with Gasteiger partial charge in [0.05, 0.1) is 19.2 Å². The van der Waals surface area contributed by atoms with Crippen molar-refractivity contribution in [2.45, 2.75) is 12.8 Å². The van der Waals surface area contributed by atoms with E-state index < -0.39 is 6.43 Å². The first kappa shape index (κ1) is 12.3. The maximum Gasteiger partial charge on any atom is 0.251 e. The van der Waals surface area contributed by atoms with Crippen molar-refractivity contribution in [1.82, 2.24) is 4.90 Å². The van der Waals surface area contributed by atoms with Gasteiger partial charge in [-0.25, -0.2) is 8.78 Å². The molecule has 0 aromatic carbocycles. The van der Waals surface area contributed by atoms with Crippen LogP contribution in [0.4, 0.5) is 8.78 Å². The fraction of sp³-hybridized carbons (Fsp3) is 0.875. The summed E-state index contributed by atoms with van der Waals surface area (Å²) in [5.41, 5.74) is 0. The average Bonchev–Trinajstić information content (AvgIpc) is 2.09. The van der Waals surface area contributed by atoms with Gasteiger partial charge in [-0.1, -0.05) is 0 Å². The zero-order chi connectivity index (χ0) is 10.1. The summed E-state index contributed by atoms with van der Waals surface area (Å²) in [5, 5.41) is 8.28. The zero-order valence-electron chi connectivity index (χ0n) is 7.67. The predicted octanol–water partition coefficient (Wildman–Crippen LogP) is 1.11. The number of nitrogens with zero attached hydrogens (tertiary/aromatic N) is 2. The van der Waals surface area contributed by atoms with E-state index in [1.807, 2.05) is 6.07 Å². The predicted molar refractivity (Wildman–Crippen MR) is 44.6 cm³/mol. The molecule has 0 aromatic rings. The zero-order valence-corrected chi connectivity index (χ0v) is 7.67. The molecule has 0 N–H and O–H groups in total. The van der Waals surface area contributed by atoms with Crippen LogP contribution in [0.15, 0.2) is 0 Å². The van der Waals surface area contributed by atoms with E-state index in [0.29, 0.717) is 19.7 Å². The number of rotatable bonds is 7.